The highest BCUT2D eigenvalue weighted by molar-refractivity contribution is 5.56. The summed E-state index contributed by atoms with van der Waals surface area (Å²) in [5.41, 5.74) is 1.67. The van der Waals surface area contributed by atoms with Crippen LogP contribution in [0.5, 0.6) is 0 Å². The van der Waals surface area contributed by atoms with Crippen LogP contribution in [0, 0.1) is 18.7 Å². The lowest BCUT2D eigenvalue weighted by atomic mass is 10.1. The van der Waals surface area contributed by atoms with E-state index >= 15 is 0 Å². The molecule has 0 bridgehead atoms. The van der Waals surface area contributed by atoms with Gasteiger partial charge in [0, 0.05) is 12.1 Å². The predicted octanol–water partition coefficient (Wildman–Crippen LogP) is 3.05. The van der Waals surface area contributed by atoms with Gasteiger partial charge in [-0.05, 0) is 36.6 Å². The highest BCUT2D eigenvalue weighted by atomic mass is 19.1. The van der Waals surface area contributed by atoms with Gasteiger partial charge in [0.2, 0.25) is 0 Å². The molecule has 0 aliphatic carbocycles. The molecule has 0 fully saturated rings. The van der Waals surface area contributed by atoms with E-state index in [9.17, 15) is 4.39 Å². The molecule has 3 nitrogen and oxygen atoms in total. The van der Waals surface area contributed by atoms with Crippen molar-refractivity contribution in [3.63, 3.8) is 0 Å². The standard InChI is InChI=1S/C13H16FN3/c1-9(2)7-17-8-15-16-13(17)11-4-10(3)5-12(14)6-11/h4-6,8-9H,7H2,1-3H3. The molecular formula is C13H16FN3. The minimum atomic E-state index is -0.237. The number of aryl methyl sites for hydroxylation is 1. The summed E-state index contributed by atoms with van der Waals surface area (Å²) in [5, 5.41) is 7.97. The Kier molecular flexibility index (Phi) is 3.22. The van der Waals surface area contributed by atoms with Gasteiger partial charge in [0.05, 0.1) is 0 Å². The van der Waals surface area contributed by atoms with E-state index in [0.717, 1.165) is 23.5 Å². The molecule has 0 saturated carbocycles. The zero-order valence-electron chi connectivity index (χ0n) is 10.3. The first-order chi connectivity index (χ1) is 8.06. The Hall–Kier alpha value is -1.71. The highest BCUT2D eigenvalue weighted by Gasteiger charge is 2.09. The van der Waals surface area contributed by atoms with Crippen molar-refractivity contribution in [1.29, 1.82) is 0 Å². The van der Waals surface area contributed by atoms with Gasteiger partial charge in [-0.1, -0.05) is 13.8 Å². The van der Waals surface area contributed by atoms with Crippen LogP contribution in [0.15, 0.2) is 24.5 Å². The van der Waals surface area contributed by atoms with Gasteiger partial charge in [-0.2, -0.15) is 0 Å². The fourth-order valence-corrected chi connectivity index (χ4v) is 1.87. The number of halogens is 1. The van der Waals surface area contributed by atoms with Crippen molar-refractivity contribution in [2.24, 2.45) is 5.92 Å². The lowest BCUT2D eigenvalue weighted by Crippen LogP contribution is -2.05. The largest absolute Gasteiger partial charge is 0.313 e. The molecule has 0 amide bonds. The predicted molar refractivity (Wildman–Crippen MR) is 65.0 cm³/mol. The third-order valence-electron chi connectivity index (χ3n) is 2.48. The number of benzene rings is 1. The summed E-state index contributed by atoms with van der Waals surface area (Å²) in [6.07, 6.45) is 1.69. The molecule has 1 aromatic carbocycles. The molecule has 2 aromatic rings. The molecule has 1 heterocycles. The van der Waals surface area contributed by atoms with Crippen LogP contribution in [0.1, 0.15) is 19.4 Å². The minimum absolute atomic E-state index is 0.237. The Bertz CT molecular complexity index is 497. The Morgan fingerprint density at radius 3 is 2.71 bits per heavy atom. The first-order valence-corrected chi connectivity index (χ1v) is 5.71. The molecule has 2 rings (SSSR count). The average Bonchev–Trinajstić information content (AvgIpc) is 2.63. The Morgan fingerprint density at radius 1 is 1.29 bits per heavy atom. The average molecular weight is 233 g/mol. The van der Waals surface area contributed by atoms with Crippen molar-refractivity contribution < 1.29 is 4.39 Å². The molecule has 0 atom stereocenters. The summed E-state index contributed by atoms with van der Waals surface area (Å²) >= 11 is 0. The first-order valence-electron chi connectivity index (χ1n) is 5.71. The molecule has 90 valence electrons. The van der Waals surface area contributed by atoms with Crippen molar-refractivity contribution in [2.45, 2.75) is 27.3 Å². The van der Waals surface area contributed by atoms with Crippen molar-refractivity contribution >= 4 is 0 Å². The highest BCUT2D eigenvalue weighted by Crippen LogP contribution is 2.20. The zero-order valence-corrected chi connectivity index (χ0v) is 10.3. The molecule has 0 saturated heterocycles. The van der Waals surface area contributed by atoms with Crippen LogP contribution in [0.25, 0.3) is 11.4 Å². The van der Waals surface area contributed by atoms with Crippen LogP contribution in [0.4, 0.5) is 4.39 Å². The molecule has 0 N–H and O–H groups in total. The van der Waals surface area contributed by atoms with E-state index in [-0.39, 0.29) is 5.82 Å². The lowest BCUT2D eigenvalue weighted by Gasteiger charge is -2.09. The normalized spacial score (nSPS) is 11.1. The lowest BCUT2D eigenvalue weighted by molar-refractivity contribution is 0.525. The summed E-state index contributed by atoms with van der Waals surface area (Å²) < 4.78 is 15.3. The van der Waals surface area contributed by atoms with Gasteiger partial charge < -0.3 is 4.57 Å². The SMILES string of the molecule is Cc1cc(F)cc(-c2nncn2CC(C)C)c1. The summed E-state index contributed by atoms with van der Waals surface area (Å²) in [4.78, 5) is 0. The van der Waals surface area contributed by atoms with E-state index in [4.69, 9.17) is 0 Å². The third-order valence-corrected chi connectivity index (χ3v) is 2.48. The van der Waals surface area contributed by atoms with Crippen molar-refractivity contribution in [1.82, 2.24) is 14.8 Å². The number of nitrogens with zero attached hydrogens (tertiary/aromatic N) is 3. The monoisotopic (exact) mass is 233 g/mol. The molecule has 0 spiro atoms. The van der Waals surface area contributed by atoms with Crippen molar-refractivity contribution in [3.8, 4) is 11.4 Å². The quantitative estimate of drug-likeness (QED) is 0.815. The minimum Gasteiger partial charge on any atom is -0.313 e. The maximum absolute atomic E-state index is 13.4. The van der Waals surface area contributed by atoms with Crippen LogP contribution < -0.4 is 0 Å². The van der Waals surface area contributed by atoms with Gasteiger partial charge in [-0.25, -0.2) is 4.39 Å². The van der Waals surface area contributed by atoms with E-state index in [1.165, 1.54) is 12.1 Å². The van der Waals surface area contributed by atoms with Gasteiger partial charge in [0.25, 0.3) is 0 Å². The molecule has 17 heavy (non-hydrogen) atoms. The van der Waals surface area contributed by atoms with Crippen molar-refractivity contribution in [2.75, 3.05) is 0 Å². The number of rotatable bonds is 3. The summed E-state index contributed by atoms with van der Waals surface area (Å²) in [7, 11) is 0. The number of aromatic nitrogens is 3. The van der Waals surface area contributed by atoms with Gasteiger partial charge in [-0.3, -0.25) is 0 Å². The van der Waals surface area contributed by atoms with Gasteiger partial charge in [0.15, 0.2) is 5.82 Å². The number of hydrogen-bond acceptors (Lipinski definition) is 2. The second kappa shape index (κ2) is 4.65. The molecule has 0 aliphatic rings. The Morgan fingerprint density at radius 2 is 2.06 bits per heavy atom. The van der Waals surface area contributed by atoms with E-state index in [2.05, 4.69) is 24.0 Å². The van der Waals surface area contributed by atoms with Crippen LogP contribution >= 0.6 is 0 Å². The summed E-state index contributed by atoms with van der Waals surface area (Å²) in [5.74, 6) is 0.986. The topological polar surface area (TPSA) is 30.7 Å². The fraction of sp³-hybridized carbons (Fsp3) is 0.385. The Balaban J connectivity index is 2.42. The molecule has 1 aromatic heterocycles. The van der Waals surface area contributed by atoms with E-state index in [1.807, 2.05) is 17.6 Å². The summed E-state index contributed by atoms with van der Waals surface area (Å²) in [6, 6.07) is 4.92. The second-order valence-corrected chi connectivity index (χ2v) is 4.72. The first kappa shape index (κ1) is 11.8. The smallest absolute Gasteiger partial charge is 0.163 e. The molecule has 0 radical (unpaired) electrons. The molecule has 0 aliphatic heterocycles. The number of hydrogen-bond donors (Lipinski definition) is 0. The van der Waals surface area contributed by atoms with Gasteiger partial charge in [0.1, 0.15) is 12.1 Å². The van der Waals surface area contributed by atoms with Crippen molar-refractivity contribution in [3.05, 3.63) is 35.9 Å². The third kappa shape index (κ3) is 2.70. The molecule has 0 unspecified atom stereocenters. The van der Waals surface area contributed by atoms with Crippen LogP contribution in [0.2, 0.25) is 0 Å². The van der Waals surface area contributed by atoms with Crippen LogP contribution in [-0.2, 0) is 6.54 Å². The maximum Gasteiger partial charge on any atom is 0.163 e. The van der Waals surface area contributed by atoms with E-state index in [1.54, 1.807) is 6.33 Å². The van der Waals surface area contributed by atoms with E-state index < -0.39 is 0 Å². The summed E-state index contributed by atoms with van der Waals surface area (Å²) in [6.45, 7) is 6.95. The molecular weight excluding hydrogens is 217 g/mol. The second-order valence-electron chi connectivity index (χ2n) is 4.72. The fourth-order valence-electron chi connectivity index (χ4n) is 1.87. The Labute approximate surface area is 100 Å². The maximum atomic E-state index is 13.4. The van der Waals surface area contributed by atoms with Gasteiger partial charge >= 0.3 is 0 Å². The van der Waals surface area contributed by atoms with Crippen LogP contribution in [0.3, 0.4) is 0 Å². The molecule has 4 heteroatoms. The zero-order chi connectivity index (χ0) is 12.4. The van der Waals surface area contributed by atoms with E-state index in [0.29, 0.717) is 5.92 Å². The van der Waals surface area contributed by atoms with Crippen LogP contribution in [-0.4, -0.2) is 14.8 Å². The van der Waals surface area contributed by atoms with Gasteiger partial charge in [-0.15, -0.1) is 10.2 Å².